The number of hydrogen-bond acceptors (Lipinski definition) is 4. The zero-order valence-electron chi connectivity index (χ0n) is 12.6. The monoisotopic (exact) mass is 291 g/mol. The smallest absolute Gasteiger partial charge is 0.226 e. The van der Waals surface area contributed by atoms with E-state index in [1.165, 1.54) is 12.1 Å². The summed E-state index contributed by atoms with van der Waals surface area (Å²) in [5.41, 5.74) is 0.848. The Balaban J connectivity index is 1.84. The average molecular weight is 291 g/mol. The highest BCUT2D eigenvalue weighted by Crippen LogP contribution is 2.10. The van der Waals surface area contributed by atoms with Crippen molar-refractivity contribution in [2.75, 3.05) is 6.54 Å². The van der Waals surface area contributed by atoms with Crippen LogP contribution in [-0.4, -0.2) is 22.7 Å². The second-order valence-electron chi connectivity index (χ2n) is 5.30. The van der Waals surface area contributed by atoms with E-state index in [9.17, 15) is 4.39 Å². The van der Waals surface area contributed by atoms with E-state index in [1.807, 2.05) is 6.07 Å². The minimum Gasteiger partial charge on any atom is -0.339 e. The van der Waals surface area contributed by atoms with Crippen LogP contribution in [0.1, 0.15) is 44.0 Å². The fourth-order valence-corrected chi connectivity index (χ4v) is 2.13. The van der Waals surface area contributed by atoms with Gasteiger partial charge in [0.15, 0.2) is 5.82 Å². The van der Waals surface area contributed by atoms with Crippen LogP contribution in [0.5, 0.6) is 0 Å². The molecule has 0 bridgehead atoms. The maximum absolute atomic E-state index is 13.1. The van der Waals surface area contributed by atoms with Gasteiger partial charge in [-0.05, 0) is 44.0 Å². The summed E-state index contributed by atoms with van der Waals surface area (Å²) >= 11 is 0. The van der Waals surface area contributed by atoms with Crippen molar-refractivity contribution in [2.45, 2.75) is 45.6 Å². The van der Waals surface area contributed by atoms with Crippen LogP contribution in [0.25, 0.3) is 0 Å². The van der Waals surface area contributed by atoms with Gasteiger partial charge in [0.2, 0.25) is 5.89 Å². The van der Waals surface area contributed by atoms with Crippen LogP contribution in [0.15, 0.2) is 28.8 Å². The minimum atomic E-state index is -0.243. The van der Waals surface area contributed by atoms with Crippen LogP contribution in [0.4, 0.5) is 4.39 Å². The molecule has 2 aromatic rings. The largest absolute Gasteiger partial charge is 0.339 e. The molecule has 0 amide bonds. The average Bonchev–Trinajstić information content (AvgIpc) is 2.90. The Kier molecular flexibility index (Phi) is 5.87. The summed E-state index contributed by atoms with van der Waals surface area (Å²) in [4.78, 5) is 4.36. The highest BCUT2D eigenvalue weighted by Gasteiger charge is 2.09. The molecule has 5 heteroatoms. The third kappa shape index (κ3) is 5.27. The van der Waals surface area contributed by atoms with Gasteiger partial charge in [-0.25, -0.2) is 4.39 Å². The van der Waals surface area contributed by atoms with Gasteiger partial charge in [-0.15, -0.1) is 0 Å². The van der Waals surface area contributed by atoms with Crippen LogP contribution in [-0.2, 0) is 12.8 Å². The van der Waals surface area contributed by atoms with Gasteiger partial charge in [0.25, 0.3) is 0 Å². The molecule has 0 fully saturated rings. The number of aromatic nitrogens is 2. The molecule has 0 spiro atoms. The number of hydrogen-bond donors (Lipinski definition) is 1. The molecule has 114 valence electrons. The number of aryl methyl sites for hydroxylation is 1. The summed E-state index contributed by atoms with van der Waals surface area (Å²) in [6.07, 6.45) is 3.34. The second kappa shape index (κ2) is 7.88. The van der Waals surface area contributed by atoms with E-state index in [-0.39, 0.29) is 5.82 Å². The van der Waals surface area contributed by atoms with Gasteiger partial charge < -0.3 is 9.84 Å². The topological polar surface area (TPSA) is 51.0 Å². The Morgan fingerprint density at radius 1 is 1.38 bits per heavy atom. The fourth-order valence-electron chi connectivity index (χ4n) is 2.13. The molecule has 1 N–H and O–H groups in total. The van der Waals surface area contributed by atoms with E-state index < -0.39 is 0 Å². The zero-order valence-corrected chi connectivity index (χ0v) is 12.6. The number of nitrogens with one attached hydrogen (secondary N) is 1. The molecular weight excluding hydrogens is 269 g/mol. The Bertz CT molecular complexity index is 556. The molecule has 0 aliphatic heterocycles. The lowest BCUT2D eigenvalue weighted by Crippen LogP contribution is -2.27. The summed E-state index contributed by atoms with van der Waals surface area (Å²) in [5.74, 6) is 1.00. The van der Waals surface area contributed by atoms with Crippen molar-refractivity contribution in [2.24, 2.45) is 0 Å². The standard InChI is InChI=1S/C16H22FN3O/c1-3-9-18-12(2)7-8-16-19-15(20-21-16)11-13-5-4-6-14(17)10-13/h4-6,10,12,18H,3,7-9,11H2,1-2H3. The first-order valence-corrected chi connectivity index (χ1v) is 7.46. The van der Waals surface area contributed by atoms with E-state index in [0.717, 1.165) is 31.4 Å². The Morgan fingerprint density at radius 3 is 3.00 bits per heavy atom. The molecule has 1 heterocycles. The Hall–Kier alpha value is -1.75. The van der Waals surface area contributed by atoms with E-state index in [2.05, 4.69) is 29.3 Å². The van der Waals surface area contributed by atoms with Crippen molar-refractivity contribution in [3.8, 4) is 0 Å². The molecule has 4 nitrogen and oxygen atoms in total. The Morgan fingerprint density at radius 2 is 2.24 bits per heavy atom. The lowest BCUT2D eigenvalue weighted by atomic mass is 10.1. The first-order chi connectivity index (χ1) is 10.2. The van der Waals surface area contributed by atoms with E-state index in [0.29, 0.717) is 24.2 Å². The van der Waals surface area contributed by atoms with Crippen molar-refractivity contribution in [3.63, 3.8) is 0 Å². The molecule has 0 aliphatic carbocycles. The summed E-state index contributed by atoms with van der Waals surface area (Å²) < 4.78 is 18.4. The van der Waals surface area contributed by atoms with Gasteiger partial charge in [-0.2, -0.15) is 4.98 Å². The van der Waals surface area contributed by atoms with Crippen molar-refractivity contribution >= 4 is 0 Å². The predicted molar refractivity (Wildman–Crippen MR) is 79.6 cm³/mol. The maximum Gasteiger partial charge on any atom is 0.226 e. The van der Waals surface area contributed by atoms with Crippen molar-refractivity contribution in [1.29, 1.82) is 0 Å². The summed E-state index contributed by atoms with van der Waals surface area (Å²) in [7, 11) is 0. The lowest BCUT2D eigenvalue weighted by molar-refractivity contribution is 0.363. The summed E-state index contributed by atoms with van der Waals surface area (Å²) in [6, 6.07) is 6.90. The van der Waals surface area contributed by atoms with E-state index in [1.54, 1.807) is 6.07 Å². The third-order valence-corrected chi connectivity index (χ3v) is 3.30. The fraction of sp³-hybridized carbons (Fsp3) is 0.500. The normalized spacial score (nSPS) is 12.5. The number of benzene rings is 1. The molecule has 0 radical (unpaired) electrons. The first kappa shape index (κ1) is 15.6. The molecule has 21 heavy (non-hydrogen) atoms. The molecule has 1 aromatic carbocycles. The molecule has 0 saturated heterocycles. The van der Waals surface area contributed by atoms with Crippen LogP contribution < -0.4 is 5.32 Å². The SMILES string of the molecule is CCCNC(C)CCc1nc(Cc2cccc(F)c2)no1. The second-order valence-corrected chi connectivity index (χ2v) is 5.30. The van der Waals surface area contributed by atoms with E-state index >= 15 is 0 Å². The van der Waals surface area contributed by atoms with Crippen molar-refractivity contribution in [3.05, 3.63) is 47.4 Å². The Labute approximate surface area is 124 Å². The summed E-state index contributed by atoms with van der Waals surface area (Å²) in [5, 5.41) is 7.38. The van der Waals surface area contributed by atoms with Crippen molar-refractivity contribution in [1.82, 2.24) is 15.5 Å². The van der Waals surface area contributed by atoms with Crippen LogP contribution >= 0.6 is 0 Å². The van der Waals surface area contributed by atoms with Gasteiger partial charge in [0.05, 0.1) is 0 Å². The number of nitrogens with zero attached hydrogens (tertiary/aromatic N) is 2. The minimum absolute atomic E-state index is 0.243. The van der Waals surface area contributed by atoms with Gasteiger partial charge in [0.1, 0.15) is 5.82 Å². The molecule has 0 aliphatic rings. The highest BCUT2D eigenvalue weighted by molar-refractivity contribution is 5.19. The van der Waals surface area contributed by atoms with Gasteiger partial charge >= 0.3 is 0 Å². The van der Waals surface area contributed by atoms with Crippen LogP contribution in [0.3, 0.4) is 0 Å². The lowest BCUT2D eigenvalue weighted by Gasteiger charge is -2.10. The number of halogens is 1. The molecular formula is C16H22FN3O. The third-order valence-electron chi connectivity index (χ3n) is 3.30. The number of rotatable bonds is 8. The predicted octanol–water partition coefficient (Wildman–Crippen LogP) is 3.12. The first-order valence-electron chi connectivity index (χ1n) is 7.46. The molecule has 1 aromatic heterocycles. The van der Waals surface area contributed by atoms with Gasteiger partial charge in [-0.3, -0.25) is 0 Å². The van der Waals surface area contributed by atoms with Gasteiger partial charge in [-0.1, -0.05) is 24.2 Å². The van der Waals surface area contributed by atoms with Crippen molar-refractivity contribution < 1.29 is 8.91 Å². The molecule has 0 saturated carbocycles. The quantitative estimate of drug-likeness (QED) is 0.812. The zero-order chi connectivity index (χ0) is 15.1. The van der Waals surface area contributed by atoms with Crippen LogP contribution in [0.2, 0.25) is 0 Å². The van der Waals surface area contributed by atoms with E-state index in [4.69, 9.17) is 4.52 Å². The maximum atomic E-state index is 13.1. The molecule has 1 unspecified atom stereocenters. The van der Waals surface area contributed by atoms with Crippen LogP contribution in [0, 0.1) is 5.82 Å². The van der Waals surface area contributed by atoms with Gasteiger partial charge in [0, 0.05) is 18.9 Å². The molecule has 2 rings (SSSR count). The summed E-state index contributed by atoms with van der Waals surface area (Å²) in [6.45, 7) is 5.33. The molecule has 1 atom stereocenters. The highest BCUT2D eigenvalue weighted by atomic mass is 19.1.